The summed E-state index contributed by atoms with van der Waals surface area (Å²) < 4.78 is 5.71. The number of hydrogen-bond acceptors (Lipinski definition) is 2. The average Bonchev–Trinajstić information content (AvgIpc) is 2.72. The molecule has 0 aromatic rings. The van der Waals surface area contributed by atoms with Crippen molar-refractivity contribution in [3.05, 3.63) is 0 Å². The van der Waals surface area contributed by atoms with Gasteiger partial charge in [0.25, 0.3) is 0 Å². The summed E-state index contributed by atoms with van der Waals surface area (Å²) in [4.78, 5) is 11.3. The van der Waals surface area contributed by atoms with Gasteiger partial charge < -0.3 is 4.74 Å². The summed E-state index contributed by atoms with van der Waals surface area (Å²) in [5.41, 5.74) is 0.363. The molecule has 3 rings (SSSR count). The van der Waals surface area contributed by atoms with Crippen LogP contribution >= 0.6 is 0 Å². The lowest BCUT2D eigenvalue weighted by Gasteiger charge is -2.43. The zero-order valence-electron chi connectivity index (χ0n) is 11.2. The van der Waals surface area contributed by atoms with E-state index < -0.39 is 0 Å². The molecule has 2 bridgehead atoms. The van der Waals surface area contributed by atoms with Gasteiger partial charge in [0.1, 0.15) is 6.10 Å². The van der Waals surface area contributed by atoms with Crippen molar-refractivity contribution in [2.24, 2.45) is 29.1 Å². The average molecular weight is 236 g/mol. The second-order valence-corrected chi connectivity index (χ2v) is 6.81. The third kappa shape index (κ3) is 1.49. The standard InChI is InChI=1S/C15H24O2/c1-9-4-6-15-7-5-12(13(15)8-9)10(2)14(15)17-11(3)16/h9-10,12-14H,4-8H2,1-3H3/t9-,10+,12-,13+,14+,15+/m1/s1. The number of ether oxygens (including phenoxy) is 1. The van der Waals surface area contributed by atoms with E-state index in [0.29, 0.717) is 11.3 Å². The van der Waals surface area contributed by atoms with Crippen molar-refractivity contribution in [2.45, 2.75) is 59.0 Å². The summed E-state index contributed by atoms with van der Waals surface area (Å²) in [6.45, 7) is 6.26. The van der Waals surface area contributed by atoms with Gasteiger partial charge in [0.15, 0.2) is 0 Å². The van der Waals surface area contributed by atoms with Gasteiger partial charge in [-0.3, -0.25) is 4.79 Å². The maximum absolute atomic E-state index is 11.3. The molecule has 0 aliphatic heterocycles. The highest BCUT2D eigenvalue weighted by molar-refractivity contribution is 5.66. The van der Waals surface area contributed by atoms with Crippen molar-refractivity contribution >= 4 is 5.97 Å². The molecule has 0 aromatic heterocycles. The topological polar surface area (TPSA) is 26.3 Å². The Hall–Kier alpha value is -0.530. The number of carbonyl (C=O) groups is 1. The highest BCUT2D eigenvalue weighted by atomic mass is 16.5. The van der Waals surface area contributed by atoms with Crippen molar-refractivity contribution in [2.75, 3.05) is 0 Å². The summed E-state index contributed by atoms with van der Waals surface area (Å²) in [5.74, 6) is 3.04. The van der Waals surface area contributed by atoms with Gasteiger partial charge in [-0.05, 0) is 49.4 Å². The fourth-order valence-corrected chi connectivity index (χ4v) is 5.31. The van der Waals surface area contributed by atoms with E-state index >= 15 is 0 Å². The quantitative estimate of drug-likeness (QED) is 0.652. The fourth-order valence-electron chi connectivity index (χ4n) is 5.31. The Morgan fingerprint density at radius 3 is 2.65 bits per heavy atom. The third-order valence-corrected chi connectivity index (χ3v) is 5.97. The van der Waals surface area contributed by atoms with Crippen LogP contribution in [0.1, 0.15) is 52.9 Å². The Kier molecular flexibility index (Phi) is 2.53. The first kappa shape index (κ1) is 11.6. The van der Waals surface area contributed by atoms with Crippen LogP contribution in [0.4, 0.5) is 0 Å². The van der Waals surface area contributed by atoms with E-state index in [1.807, 2.05) is 0 Å². The van der Waals surface area contributed by atoms with E-state index in [1.165, 1.54) is 32.1 Å². The zero-order chi connectivity index (χ0) is 12.2. The Balaban J connectivity index is 1.90. The molecule has 0 heterocycles. The Morgan fingerprint density at radius 2 is 1.94 bits per heavy atom. The fraction of sp³-hybridized carbons (Fsp3) is 0.933. The highest BCUT2D eigenvalue weighted by Crippen LogP contribution is 2.67. The Bertz CT molecular complexity index is 338. The molecule has 0 amide bonds. The molecule has 2 nitrogen and oxygen atoms in total. The predicted octanol–water partition coefficient (Wildman–Crippen LogP) is 3.40. The number of rotatable bonds is 1. The van der Waals surface area contributed by atoms with Crippen LogP contribution in [0.15, 0.2) is 0 Å². The molecule has 0 unspecified atom stereocenters. The van der Waals surface area contributed by atoms with Gasteiger partial charge in [0, 0.05) is 12.3 Å². The van der Waals surface area contributed by atoms with Gasteiger partial charge in [-0.25, -0.2) is 0 Å². The van der Waals surface area contributed by atoms with Gasteiger partial charge >= 0.3 is 5.97 Å². The molecular formula is C15H24O2. The van der Waals surface area contributed by atoms with Crippen molar-refractivity contribution in [3.63, 3.8) is 0 Å². The van der Waals surface area contributed by atoms with Crippen LogP contribution in [0.25, 0.3) is 0 Å². The van der Waals surface area contributed by atoms with E-state index in [4.69, 9.17) is 4.74 Å². The largest absolute Gasteiger partial charge is 0.462 e. The van der Waals surface area contributed by atoms with Crippen molar-refractivity contribution in [3.8, 4) is 0 Å². The third-order valence-electron chi connectivity index (χ3n) is 5.97. The first-order chi connectivity index (χ1) is 8.04. The number of hydrogen-bond donors (Lipinski definition) is 0. The lowest BCUT2D eigenvalue weighted by Crippen LogP contribution is -2.42. The first-order valence-corrected chi connectivity index (χ1v) is 7.22. The van der Waals surface area contributed by atoms with Gasteiger partial charge in [-0.1, -0.05) is 20.3 Å². The minimum absolute atomic E-state index is 0.0823. The minimum Gasteiger partial charge on any atom is -0.462 e. The molecule has 3 aliphatic carbocycles. The van der Waals surface area contributed by atoms with Gasteiger partial charge in [-0.15, -0.1) is 0 Å². The van der Waals surface area contributed by atoms with Crippen molar-refractivity contribution < 1.29 is 9.53 Å². The van der Waals surface area contributed by atoms with Gasteiger partial charge in [0.05, 0.1) is 0 Å². The predicted molar refractivity (Wildman–Crippen MR) is 66.4 cm³/mol. The second kappa shape index (κ2) is 3.73. The Morgan fingerprint density at radius 1 is 1.24 bits per heavy atom. The molecule has 3 fully saturated rings. The number of carbonyl (C=O) groups excluding carboxylic acids is 1. The molecule has 17 heavy (non-hydrogen) atoms. The molecular weight excluding hydrogens is 212 g/mol. The van der Waals surface area contributed by atoms with E-state index in [2.05, 4.69) is 13.8 Å². The lowest BCUT2D eigenvalue weighted by atomic mass is 9.65. The first-order valence-electron chi connectivity index (χ1n) is 7.22. The summed E-state index contributed by atoms with van der Waals surface area (Å²) in [6, 6.07) is 0. The Labute approximate surface area is 104 Å². The molecule has 0 spiro atoms. The molecule has 3 saturated carbocycles. The van der Waals surface area contributed by atoms with Crippen molar-refractivity contribution in [1.82, 2.24) is 0 Å². The molecule has 6 atom stereocenters. The van der Waals surface area contributed by atoms with E-state index in [-0.39, 0.29) is 12.1 Å². The van der Waals surface area contributed by atoms with Crippen LogP contribution in [0.3, 0.4) is 0 Å². The van der Waals surface area contributed by atoms with Crippen LogP contribution < -0.4 is 0 Å². The van der Waals surface area contributed by atoms with Crippen LogP contribution in [0.2, 0.25) is 0 Å². The molecule has 3 aliphatic rings. The smallest absolute Gasteiger partial charge is 0.302 e. The van der Waals surface area contributed by atoms with Crippen LogP contribution in [-0.4, -0.2) is 12.1 Å². The normalized spacial score (nSPS) is 52.3. The minimum atomic E-state index is -0.0823. The lowest BCUT2D eigenvalue weighted by molar-refractivity contribution is -0.158. The molecule has 0 radical (unpaired) electrons. The SMILES string of the molecule is CC(=O)O[C@H]1[C@@H](C)[C@H]2CC[C@]13CC[C@@H](C)C[C@@H]23. The molecule has 0 N–H and O–H groups in total. The zero-order valence-corrected chi connectivity index (χ0v) is 11.2. The van der Waals surface area contributed by atoms with Crippen LogP contribution in [-0.2, 0) is 9.53 Å². The highest BCUT2D eigenvalue weighted by Gasteiger charge is 2.64. The van der Waals surface area contributed by atoms with Gasteiger partial charge in [-0.2, -0.15) is 0 Å². The van der Waals surface area contributed by atoms with Gasteiger partial charge in [0.2, 0.25) is 0 Å². The second-order valence-electron chi connectivity index (χ2n) is 6.81. The summed E-state index contributed by atoms with van der Waals surface area (Å²) in [5, 5.41) is 0. The summed E-state index contributed by atoms with van der Waals surface area (Å²) >= 11 is 0. The van der Waals surface area contributed by atoms with Crippen LogP contribution in [0.5, 0.6) is 0 Å². The maximum atomic E-state index is 11.3. The molecule has 96 valence electrons. The summed E-state index contributed by atoms with van der Waals surface area (Å²) in [6.07, 6.45) is 6.88. The molecule has 0 aromatic carbocycles. The van der Waals surface area contributed by atoms with E-state index in [1.54, 1.807) is 6.92 Å². The van der Waals surface area contributed by atoms with E-state index in [0.717, 1.165) is 17.8 Å². The molecule has 0 saturated heterocycles. The van der Waals surface area contributed by atoms with Crippen molar-refractivity contribution in [1.29, 1.82) is 0 Å². The maximum Gasteiger partial charge on any atom is 0.302 e. The monoisotopic (exact) mass is 236 g/mol. The summed E-state index contributed by atoms with van der Waals surface area (Å²) in [7, 11) is 0. The molecule has 2 heteroatoms. The van der Waals surface area contributed by atoms with Crippen LogP contribution in [0, 0.1) is 29.1 Å². The van der Waals surface area contributed by atoms with E-state index in [9.17, 15) is 4.79 Å². The number of esters is 1.